The van der Waals surface area contributed by atoms with Crippen LogP contribution in [-0.4, -0.2) is 20.1 Å². The second kappa shape index (κ2) is 5.05. The predicted octanol–water partition coefficient (Wildman–Crippen LogP) is 1.91. The summed E-state index contributed by atoms with van der Waals surface area (Å²) in [6.07, 6.45) is 1.62. The lowest BCUT2D eigenvalue weighted by atomic mass is 10.1. The van der Waals surface area contributed by atoms with E-state index in [1.807, 2.05) is 6.92 Å². The van der Waals surface area contributed by atoms with Crippen LogP contribution in [-0.2, 0) is 6.54 Å². The molecule has 0 aliphatic carbocycles. The number of nitrogens with zero attached hydrogens (tertiary/aromatic N) is 3. The molecule has 2 aromatic rings. The summed E-state index contributed by atoms with van der Waals surface area (Å²) < 4.78 is 14.4. The van der Waals surface area contributed by atoms with E-state index in [4.69, 9.17) is 0 Å². The van der Waals surface area contributed by atoms with Crippen LogP contribution in [0, 0.1) is 5.82 Å². The van der Waals surface area contributed by atoms with Crippen molar-refractivity contribution in [1.82, 2.24) is 15.0 Å². The van der Waals surface area contributed by atoms with E-state index in [-0.39, 0.29) is 5.82 Å². The molecule has 0 radical (unpaired) electrons. The Hall–Kier alpha value is -1.75. The van der Waals surface area contributed by atoms with E-state index < -0.39 is 6.10 Å². The van der Waals surface area contributed by atoms with Crippen LogP contribution in [0.4, 0.5) is 4.39 Å². The Morgan fingerprint density at radius 1 is 1.35 bits per heavy atom. The molecule has 2 rings (SSSR count). The fourth-order valence-corrected chi connectivity index (χ4v) is 1.68. The highest BCUT2D eigenvalue weighted by atomic mass is 19.1. The third-order valence-electron chi connectivity index (χ3n) is 2.55. The number of aliphatic hydroxyl groups excluding tert-OH is 1. The van der Waals surface area contributed by atoms with E-state index in [0.29, 0.717) is 17.8 Å². The zero-order valence-corrected chi connectivity index (χ0v) is 9.55. The molecule has 0 aliphatic heterocycles. The largest absolute Gasteiger partial charge is 0.382 e. The van der Waals surface area contributed by atoms with Gasteiger partial charge in [0.1, 0.15) is 11.9 Å². The molecule has 4 nitrogen and oxygen atoms in total. The highest BCUT2D eigenvalue weighted by Crippen LogP contribution is 2.21. The van der Waals surface area contributed by atoms with Crippen molar-refractivity contribution in [2.75, 3.05) is 0 Å². The monoisotopic (exact) mass is 235 g/mol. The van der Waals surface area contributed by atoms with Crippen molar-refractivity contribution in [2.24, 2.45) is 0 Å². The normalized spacial score (nSPS) is 12.6. The summed E-state index contributed by atoms with van der Waals surface area (Å²) in [5, 5.41) is 17.8. The Morgan fingerprint density at radius 3 is 2.71 bits per heavy atom. The minimum Gasteiger partial charge on any atom is -0.382 e. The van der Waals surface area contributed by atoms with Gasteiger partial charge in [0.2, 0.25) is 0 Å². The van der Waals surface area contributed by atoms with E-state index in [9.17, 15) is 9.50 Å². The predicted molar refractivity (Wildman–Crippen MR) is 60.8 cm³/mol. The molecule has 0 saturated carbocycles. The molecule has 1 aromatic carbocycles. The fraction of sp³-hybridized carbons (Fsp3) is 0.333. The van der Waals surface area contributed by atoms with Gasteiger partial charge in [-0.05, 0) is 24.1 Å². The third kappa shape index (κ3) is 2.50. The van der Waals surface area contributed by atoms with Crippen LogP contribution in [0.25, 0.3) is 0 Å². The van der Waals surface area contributed by atoms with Gasteiger partial charge in [-0.2, -0.15) is 0 Å². The number of halogens is 1. The molecule has 90 valence electrons. The van der Waals surface area contributed by atoms with Crippen LogP contribution in [0.3, 0.4) is 0 Å². The minimum absolute atomic E-state index is 0.318. The van der Waals surface area contributed by atoms with Crippen molar-refractivity contribution >= 4 is 0 Å². The lowest BCUT2D eigenvalue weighted by Gasteiger charge is -2.12. The minimum atomic E-state index is -0.822. The first kappa shape index (κ1) is 11.7. The van der Waals surface area contributed by atoms with Crippen molar-refractivity contribution in [1.29, 1.82) is 0 Å². The number of aryl methyl sites for hydroxylation is 1. The van der Waals surface area contributed by atoms with Crippen molar-refractivity contribution in [3.63, 3.8) is 0 Å². The number of rotatable bonds is 4. The van der Waals surface area contributed by atoms with Gasteiger partial charge in [0.25, 0.3) is 0 Å². The SMILES string of the molecule is CCCn1nncc1C(O)c1ccc(F)cc1. The van der Waals surface area contributed by atoms with Crippen molar-refractivity contribution < 1.29 is 9.50 Å². The zero-order chi connectivity index (χ0) is 12.3. The summed E-state index contributed by atoms with van der Waals surface area (Å²) in [5.41, 5.74) is 1.25. The number of benzene rings is 1. The number of aromatic nitrogens is 3. The van der Waals surface area contributed by atoms with Crippen molar-refractivity contribution in [3.8, 4) is 0 Å². The van der Waals surface area contributed by atoms with E-state index in [1.54, 1.807) is 16.8 Å². The Morgan fingerprint density at radius 2 is 2.06 bits per heavy atom. The highest BCUT2D eigenvalue weighted by molar-refractivity contribution is 5.24. The first-order valence-corrected chi connectivity index (χ1v) is 5.54. The second-order valence-electron chi connectivity index (χ2n) is 3.84. The molecule has 0 saturated heterocycles. The lowest BCUT2D eigenvalue weighted by molar-refractivity contribution is 0.207. The smallest absolute Gasteiger partial charge is 0.123 e. The zero-order valence-electron chi connectivity index (χ0n) is 9.55. The molecule has 0 spiro atoms. The maximum atomic E-state index is 12.8. The molecule has 0 bridgehead atoms. The van der Waals surface area contributed by atoms with Gasteiger partial charge in [-0.15, -0.1) is 5.10 Å². The molecule has 0 fully saturated rings. The number of hydrogen-bond donors (Lipinski definition) is 1. The van der Waals surface area contributed by atoms with Crippen molar-refractivity contribution in [3.05, 3.63) is 47.5 Å². The van der Waals surface area contributed by atoms with Gasteiger partial charge < -0.3 is 5.11 Å². The van der Waals surface area contributed by atoms with E-state index in [2.05, 4.69) is 10.3 Å². The van der Waals surface area contributed by atoms with Crippen LogP contribution < -0.4 is 0 Å². The second-order valence-corrected chi connectivity index (χ2v) is 3.84. The molecule has 1 heterocycles. The van der Waals surface area contributed by atoms with Gasteiger partial charge in [0.05, 0.1) is 11.9 Å². The van der Waals surface area contributed by atoms with Gasteiger partial charge in [-0.1, -0.05) is 24.3 Å². The average Bonchev–Trinajstić information content (AvgIpc) is 2.78. The van der Waals surface area contributed by atoms with Gasteiger partial charge in [0, 0.05) is 6.54 Å². The molecule has 0 amide bonds. The molecule has 1 unspecified atom stereocenters. The van der Waals surface area contributed by atoms with Crippen LogP contribution in [0.15, 0.2) is 30.5 Å². The van der Waals surface area contributed by atoms with Crippen LogP contribution in [0.1, 0.15) is 30.7 Å². The first-order valence-electron chi connectivity index (χ1n) is 5.54. The van der Waals surface area contributed by atoms with E-state index >= 15 is 0 Å². The lowest BCUT2D eigenvalue weighted by Crippen LogP contribution is -2.10. The van der Waals surface area contributed by atoms with Gasteiger partial charge >= 0.3 is 0 Å². The third-order valence-corrected chi connectivity index (χ3v) is 2.55. The molecular weight excluding hydrogens is 221 g/mol. The summed E-state index contributed by atoms with van der Waals surface area (Å²) >= 11 is 0. The van der Waals surface area contributed by atoms with Gasteiger partial charge in [0.15, 0.2) is 0 Å². The maximum absolute atomic E-state index is 12.8. The molecular formula is C12H14FN3O. The molecule has 1 N–H and O–H groups in total. The average molecular weight is 235 g/mol. The van der Waals surface area contributed by atoms with E-state index in [0.717, 1.165) is 6.42 Å². The number of hydrogen-bond acceptors (Lipinski definition) is 3. The summed E-state index contributed by atoms with van der Waals surface area (Å²) in [5.74, 6) is -0.318. The molecule has 17 heavy (non-hydrogen) atoms. The highest BCUT2D eigenvalue weighted by Gasteiger charge is 2.15. The Labute approximate surface area is 98.7 Å². The molecule has 1 atom stereocenters. The quantitative estimate of drug-likeness (QED) is 0.880. The van der Waals surface area contributed by atoms with Gasteiger partial charge in [-0.3, -0.25) is 0 Å². The summed E-state index contributed by atoms with van der Waals surface area (Å²) in [6.45, 7) is 2.73. The van der Waals surface area contributed by atoms with Crippen LogP contribution in [0.5, 0.6) is 0 Å². The summed E-state index contributed by atoms with van der Waals surface area (Å²) in [6, 6.07) is 5.77. The topological polar surface area (TPSA) is 50.9 Å². The Balaban J connectivity index is 2.26. The fourth-order valence-electron chi connectivity index (χ4n) is 1.68. The van der Waals surface area contributed by atoms with E-state index in [1.165, 1.54) is 18.3 Å². The molecule has 0 aliphatic rings. The first-order chi connectivity index (χ1) is 8.22. The van der Waals surface area contributed by atoms with Gasteiger partial charge in [-0.25, -0.2) is 9.07 Å². The number of aliphatic hydroxyl groups is 1. The maximum Gasteiger partial charge on any atom is 0.123 e. The molecule has 5 heteroatoms. The summed E-state index contributed by atoms with van der Waals surface area (Å²) in [7, 11) is 0. The Kier molecular flexibility index (Phi) is 3.49. The van der Waals surface area contributed by atoms with Crippen LogP contribution >= 0.6 is 0 Å². The summed E-state index contributed by atoms with van der Waals surface area (Å²) in [4.78, 5) is 0. The Bertz CT molecular complexity index is 481. The molecule has 1 aromatic heterocycles. The van der Waals surface area contributed by atoms with Crippen LogP contribution in [0.2, 0.25) is 0 Å². The standard InChI is InChI=1S/C12H14FN3O/c1-2-7-16-11(8-14-15-16)12(17)9-3-5-10(13)6-4-9/h3-6,8,12,17H,2,7H2,1H3. The van der Waals surface area contributed by atoms with Crippen molar-refractivity contribution in [2.45, 2.75) is 26.0 Å².